The zero-order valence-corrected chi connectivity index (χ0v) is 15.2. The van der Waals surface area contributed by atoms with Crippen molar-refractivity contribution in [3.63, 3.8) is 0 Å². The second-order valence-electron chi connectivity index (χ2n) is 6.60. The molecule has 0 saturated carbocycles. The number of ether oxygens (including phenoxy) is 2. The van der Waals surface area contributed by atoms with Gasteiger partial charge in [-0.15, -0.1) is 0 Å². The van der Waals surface area contributed by atoms with Crippen molar-refractivity contribution < 1.29 is 14.4 Å². The van der Waals surface area contributed by atoms with Crippen molar-refractivity contribution in [2.45, 2.75) is 13.3 Å². The molecule has 0 atom stereocenters. The molecular formula is C19H26N5O2+. The van der Waals surface area contributed by atoms with Crippen LogP contribution in [0.3, 0.4) is 0 Å². The highest BCUT2D eigenvalue weighted by molar-refractivity contribution is 6.08. The molecule has 0 unspecified atom stereocenters. The van der Waals surface area contributed by atoms with Gasteiger partial charge >= 0.3 is 0 Å². The van der Waals surface area contributed by atoms with Gasteiger partial charge in [0, 0.05) is 23.9 Å². The Bertz CT molecular complexity index is 873. The number of nitrogens with one attached hydrogen (secondary N) is 3. The van der Waals surface area contributed by atoms with E-state index in [1.54, 1.807) is 11.2 Å². The number of hydrogen-bond donors (Lipinski definition) is 3. The number of aromatic nitrogens is 3. The number of anilines is 1. The lowest BCUT2D eigenvalue weighted by Crippen LogP contribution is -3.14. The number of benzene rings is 1. The average Bonchev–Trinajstić information content (AvgIpc) is 3.05. The van der Waals surface area contributed by atoms with Gasteiger partial charge in [-0.3, -0.25) is 0 Å². The van der Waals surface area contributed by atoms with Gasteiger partial charge in [0.15, 0.2) is 5.82 Å². The molecule has 2 aromatic heterocycles. The summed E-state index contributed by atoms with van der Waals surface area (Å²) in [7, 11) is 0. The van der Waals surface area contributed by atoms with Crippen LogP contribution in [0.4, 0.5) is 5.82 Å². The maximum absolute atomic E-state index is 5.62. The maximum Gasteiger partial charge on any atom is 0.153 e. The fourth-order valence-electron chi connectivity index (χ4n) is 3.52. The van der Waals surface area contributed by atoms with Crippen molar-refractivity contribution in [1.29, 1.82) is 0 Å². The van der Waals surface area contributed by atoms with E-state index in [9.17, 15) is 0 Å². The SMILES string of the molecule is CCOc1ccc2[nH]c3c(NCCC[NH+]4CCOCC4)ncnc3c2c1. The van der Waals surface area contributed by atoms with E-state index in [1.165, 1.54) is 0 Å². The molecule has 3 N–H and O–H groups in total. The molecule has 0 spiro atoms. The number of hydrogen-bond acceptors (Lipinski definition) is 5. The predicted octanol–water partition coefficient (Wildman–Crippen LogP) is 1.23. The molecule has 3 heterocycles. The standard InChI is InChI=1S/C19H25N5O2/c1-2-26-14-4-5-16-15(12-14)17-18(23-16)19(22-13-21-17)20-6-3-7-24-8-10-25-11-9-24/h4-5,12-13,23H,2-3,6-11H2,1H3,(H,20,21,22)/p+1. The van der Waals surface area contributed by atoms with Gasteiger partial charge in [-0.2, -0.15) is 0 Å². The minimum absolute atomic E-state index is 0.654. The number of fused-ring (bicyclic) bond motifs is 3. The zero-order valence-electron chi connectivity index (χ0n) is 15.2. The zero-order chi connectivity index (χ0) is 17.8. The number of aromatic amines is 1. The Kier molecular flexibility index (Phi) is 5.17. The fourth-order valence-corrected chi connectivity index (χ4v) is 3.52. The third-order valence-electron chi connectivity index (χ3n) is 4.86. The highest BCUT2D eigenvalue weighted by atomic mass is 16.5. The van der Waals surface area contributed by atoms with E-state index in [2.05, 4.69) is 20.3 Å². The van der Waals surface area contributed by atoms with Gasteiger partial charge in [0.2, 0.25) is 0 Å². The molecule has 4 rings (SSSR count). The molecule has 0 radical (unpaired) electrons. The lowest BCUT2D eigenvalue weighted by atomic mass is 10.2. The number of quaternary nitrogens is 1. The van der Waals surface area contributed by atoms with Crippen LogP contribution in [0.15, 0.2) is 24.5 Å². The topological polar surface area (TPSA) is 76.5 Å². The summed E-state index contributed by atoms with van der Waals surface area (Å²) in [5.74, 6) is 1.73. The summed E-state index contributed by atoms with van der Waals surface area (Å²) in [4.78, 5) is 14.0. The normalized spacial score (nSPS) is 15.6. The molecule has 1 fully saturated rings. The summed E-state index contributed by atoms with van der Waals surface area (Å²) < 4.78 is 11.0. The van der Waals surface area contributed by atoms with Crippen LogP contribution in [0.5, 0.6) is 5.75 Å². The Morgan fingerprint density at radius 2 is 2.15 bits per heavy atom. The second-order valence-corrected chi connectivity index (χ2v) is 6.60. The molecule has 26 heavy (non-hydrogen) atoms. The summed E-state index contributed by atoms with van der Waals surface area (Å²) in [5, 5.41) is 4.53. The molecule has 1 saturated heterocycles. The molecule has 7 heteroatoms. The van der Waals surface area contributed by atoms with Crippen LogP contribution in [0, 0.1) is 0 Å². The number of nitrogens with zero attached hydrogens (tertiary/aromatic N) is 2. The lowest BCUT2D eigenvalue weighted by Gasteiger charge is -2.23. The van der Waals surface area contributed by atoms with Gasteiger partial charge in [0.25, 0.3) is 0 Å². The molecular weight excluding hydrogens is 330 g/mol. The van der Waals surface area contributed by atoms with Crippen LogP contribution >= 0.6 is 0 Å². The summed E-state index contributed by atoms with van der Waals surface area (Å²) in [5.41, 5.74) is 2.93. The van der Waals surface area contributed by atoms with Gasteiger partial charge in [0.05, 0.1) is 26.4 Å². The quantitative estimate of drug-likeness (QED) is 0.555. The largest absolute Gasteiger partial charge is 0.494 e. The highest BCUT2D eigenvalue weighted by Crippen LogP contribution is 2.29. The van der Waals surface area contributed by atoms with Gasteiger partial charge < -0.3 is 24.7 Å². The molecule has 7 nitrogen and oxygen atoms in total. The number of H-pyrrole nitrogens is 1. The minimum atomic E-state index is 0.654. The van der Waals surface area contributed by atoms with E-state index in [1.807, 2.05) is 25.1 Å². The van der Waals surface area contributed by atoms with E-state index in [0.29, 0.717) is 6.61 Å². The summed E-state index contributed by atoms with van der Waals surface area (Å²) >= 11 is 0. The monoisotopic (exact) mass is 356 g/mol. The molecule has 3 aromatic rings. The van der Waals surface area contributed by atoms with Crippen molar-refractivity contribution in [3.05, 3.63) is 24.5 Å². The van der Waals surface area contributed by atoms with Gasteiger partial charge in [-0.1, -0.05) is 0 Å². The Hall–Kier alpha value is -2.38. The molecule has 1 aliphatic rings. The van der Waals surface area contributed by atoms with Gasteiger partial charge in [0.1, 0.15) is 36.2 Å². The van der Waals surface area contributed by atoms with Crippen molar-refractivity contribution >= 4 is 27.8 Å². The van der Waals surface area contributed by atoms with E-state index in [0.717, 1.165) is 79.3 Å². The molecule has 1 aliphatic heterocycles. The number of morpholine rings is 1. The highest BCUT2D eigenvalue weighted by Gasteiger charge is 2.14. The first-order chi connectivity index (χ1) is 12.8. The third-order valence-corrected chi connectivity index (χ3v) is 4.86. The second kappa shape index (κ2) is 7.88. The maximum atomic E-state index is 5.62. The van der Waals surface area contributed by atoms with E-state index >= 15 is 0 Å². The van der Waals surface area contributed by atoms with Crippen molar-refractivity contribution in [3.8, 4) is 5.75 Å². The van der Waals surface area contributed by atoms with Crippen LogP contribution in [0.2, 0.25) is 0 Å². The molecule has 0 aliphatic carbocycles. The lowest BCUT2D eigenvalue weighted by molar-refractivity contribution is -0.908. The number of rotatable bonds is 7. The smallest absolute Gasteiger partial charge is 0.153 e. The third kappa shape index (κ3) is 3.59. The first kappa shape index (κ1) is 17.1. The van der Waals surface area contributed by atoms with E-state index < -0.39 is 0 Å². The van der Waals surface area contributed by atoms with E-state index in [4.69, 9.17) is 9.47 Å². The van der Waals surface area contributed by atoms with Crippen LogP contribution in [-0.2, 0) is 4.74 Å². The summed E-state index contributed by atoms with van der Waals surface area (Å²) in [6.45, 7) is 8.69. The molecule has 138 valence electrons. The molecule has 1 aromatic carbocycles. The summed E-state index contributed by atoms with van der Waals surface area (Å²) in [6, 6.07) is 6.05. The van der Waals surface area contributed by atoms with Crippen LogP contribution < -0.4 is 15.0 Å². The summed E-state index contributed by atoms with van der Waals surface area (Å²) in [6.07, 6.45) is 2.73. The Morgan fingerprint density at radius 3 is 3.00 bits per heavy atom. The van der Waals surface area contributed by atoms with Gasteiger partial charge in [-0.05, 0) is 25.1 Å². The Balaban J connectivity index is 1.47. The van der Waals surface area contributed by atoms with Crippen LogP contribution in [0.1, 0.15) is 13.3 Å². The Morgan fingerprint density at radius 1 is 1.27 bits per heavy atom. The first-order valence-electron chi connectivity index (χ1n) is 9.39. The minimum Gasteiger partial charge on any atom is -0.494 e. The fraction of sp³-hybridized carbons (Fsp3) is 0.474. The first-order valence-corrected chi connectivity index (χ1v) is 9.39. The van der Waals surface area contributed by atoms with Crippen LogP contribution in [0.25, 0.3) is 21.9 Å². The van der Waals surface area contributed by atoms with Crippen LogP contribution in [-0.4, -0.2) is 61.0 Å². The van der Waals surface area contributed by atoms with Crippen molar-refractivity contribution in [1.82, 2.24) is 15.0 Å². The van der Waals surface area contributed by atoms with E-state index in [-0.39, 0.29) is 0 Å². The average molecular weight is 356 g/mol. The van der Waals surface area contributed by atoms with Crippen molar-refractivity contribution in [2.24, 2.45) is 0 Å². The van der Waals surface area contributed by atoms with Gasteiger partial charge in [-0.25, -0.2) is 9.97 Å². The Labute approximate surface area is 152 Å². The molecule has 0 bridgehead atoms. The van der Waals surface area contributed by atoms with Crippen molar-refractivity contribution in [2.75, 3.05) is 51.3 Å². The molecule has 0 amide bonds. The predicted molar refractivity (Wildman–Crippen MR) is 102 cm³/mol.